The van der Waals surface area contributed by atoms with Crippen molar-refractivity contribution >= 4 is 29.9 Å². The van der Waals surface area contributed by atoms with Crippen molar-refractivity contribution < 1.29 is 14.1 Å². The van der Waals surface area contributed by atoms with Crippen molar-refractivity contribution in [3.63, 3.8) is 0 Å². The second-order valence-corrected chi connectivity index (χ2v) is 10.2. The van der Waals surface area contributed by atoms with Gasteiger partial charge in [-0.1, -0.05) is 79.4 Å². The molecule has 5 heteroatoms. The van der Waals surface area contributed by atoms with Gasteiger partial charge in [-0.05, 0) is 42.3 Å². The van der Waals surface area contributed by atoms with E-state index in [0.29, 0.717) is 12.1 Å². The van der Waals surface area contributed by atoms with Crippen molar-refractivity contribution in [3.05, 3.63) is 114 Å². The fraction of sp³-hybridized carbons (Fsp3) is 0.148. The Morgan fingerprint density at radius 2 is 1.56 bits per heavy atom. The van der Waals surface area contributed by atoms with Gasteiger partial charge in [0.05, 0.1) is 18.2 Å². The van der Waals surface area contributed by atoms with E-state index >= 15 is 4.57 Å². The van der Waals surface area contributed by atoms with E-state index in [9.17, 15) is 4.79 Å². The maximum Gasteiger partial charge on any atom is 0.335 e. The number of esters is 1. The molecule has 3 aromatic carbocycles. The highest BCUT2D eigenvalue weighted by atomic mass is 31.2. The highest BCUT2D eigenvalue weighted by Gasteiger charge is 2.45. The smallest absolute Gasteiger partial charge is 0.335 e. The molecule has 4 rings (SSSR count). The molecule has 3 aromatic rings. The third kappa shape index (κ3) is 3.88. The maximum atomic E-state index is 15.0. The number of carbonyl (C=O) groups is 1. The van der Waals surface area contributed by atoms with Crippen LogP contribution >= 0.6 is 7.29 Å². The van der Waals surface area contributed by atoms with Crippen molar-refractivity contribution in [1.82, 2.24) is 4.67 Å². The minimum atomic E-state index is -3.28. The fourth-order valence-electron chi connectivity index (χ4n) is 4.24. The van der Waals surface area contributed by atoms with Crippen LogP contribution in [0.15, 0.2) is 103 Å². The third-order valence-electron chi connectivity index (χ3n) is 5.69. The zero-order valence-electron chi connectivity index (χ0n) is 18.1. The molecule has 0 radical (unpaired) electrons. The van der Waals surface area contributed by atoms with Gasteiger partial charge in [0.15, 0.2) is 0 Å². The molecule has 0 spiro atoms. The Balaban J connectivity index is 1.93. The van der Waals surface area contributed by atoms with E-state index in [1.165, 1.54) is 0 Å². The van der Waals surface area contributed by atoms with Gasteiger partial charge in [0, 0.05) is 17.2 Å². The van der Waals surface area contributed by atoms with Gasteiger partial charge in [0.2, 0.25) is 7.29 Å². The normalized spacial score (nSPS) is 16.4. The van der Waals surface area contributed by atoms with Crippen LogP contribution in [0.2, 0.25) is 0 Å². The molecule has 0 aromatic heterocycles. The molecule has 4 nitrogen and oxygen atoms in total. The van der Waals surface area contributed by atoms with Gasteiger partial charge in [0.1, 0.15) is 0 Å². The zero-order chi connectivity index (χ0) is 22.6. The summed E-state index contributed by atoms with van der Waals surface area (Å²) in [5.41, 5.74) is 2.28. The third-order valence-corrected chi connectivity index (χ3v) is 8.80. The first-order chi connectivity index (χ1) is 15.6. The van der Waals surface area contributed by atoms with Crippen LogP contribution in [-0.4, -0.2) is 23.8 Å². The highest BCUT2D eigenvalue weighted by Crippen LogP contribution is 2.56. The van der Waals surface area contributed by atoms with Crippen LogP contribution in [0.5, 0.6) is 0 Å². The molecule has 0 N–H and O–H groups in total. The number of hydrogen-bond donors (Lipinski definition) is 0. The molecule has 1 heterocycles. The number of carbonyl (C=O) groups excluding carboxylic acids is 1. The molecule has 0 aliphatic carbocycles. The number of rotatable bonds is 7. The number of benzene rings is 3. The summed E-state index contributed by atoms with van der Waals surface area (Å²) in [5, 5.41) is 1.46. The predicted molar refractivity (Wildman–Crippen MR) is 130 cm³/mol. The molecule has 1 aliphatic rings. The first-order valence-electron chi connectivity index (χ1n) is 10.7. The van der Waals surface area contributed by atoms with E-state index < -0.39 is 13.3 Å². The lowest BCUT2D eigenvalue weighted by atomic mass is 9.96. The number of ether oxygens (including phenoxy) is 1. The second-order valence-electron chi connectivity index (χ2n) is 7.48. The second kappa shape index (κ2) is 9.52. The van der Waals surface area contributed by atoms with E-state index in [1.807, 2.05) is 95.7 Å². The summed E-state index contributed by atoms with van der Waals surface area (Å²) in [5.74, 6) is -0.383. The first kappa shape index (κ1) is 22.0. The van der Waals surface area contributed by atoms with Crippen LogP contribution in [0.1, 0.15) is 24.1 Å². The van der Waals surface area contributed by atoms with Gasteiger partial charge in [-0.3, -0.25) is 4.57 Å². The average Bonchev–Trinajstić information content (AvgIpc) is 3.30. The van der Waals surface area contributed by atoms with E-state index in [4.69, 9.17) is 4.74 Å². The molecule has 0 unspecified atom stereocenters. The molecule has 0 bridgehead atoms. The fourth-order valence-corrected chi connectivity index (χ4v) is 7.17. The molecule has 0 fully saturated rings. The molecular formula is C27H26NO3P. The van der Waals surface area contributed by atoms with Crippen LogP contribution in [0, 0.1) is 0 Å². The SMILES string of the molecule is C=Cc1ccccc1[C@H]1C(C(=O)OCC)=CCN1P(=O)(c1ccccc1)c1ccccc1. The Hall–Kier alpha value is -3.20. The molecular weight excluding hydrogens is 417 g/mol. The highest BCUT2D eigenvalue weighted by molar-refractivity contribution is 7.76. The van der Waals surface area contributed by atoms with Crippen molar-refractivity contribution in [1.29, 1.82) is 0 Å². The number of hydrogen-bond acceptors (Lipinski definition) is 3. The van der Waals surface area contributed by atoms with Gasteiger partial charge in [0.25, 0.3) is 0 Å². The largest absolute Gasteiger partial charge is 0.463 e. The van der Waals surface area contributed by atoms with Gasteiger partial charge in [-0.2, -0.15) is 0 Å². The molecule has 0 saturated heterocycles. The monoisotopic (exact) mass is 443 g/mol. The molecule has 0 amide bonds. The zero-order valence-corrected chi connectivity index (χ0v) is 18.9. The lowest BCUT2D eigenvalue weighted by Gasteiger charge is -2.35. The van der Waals surface area contributed by atoms with Crippen molar-refractivity contribution in [2.75, 3.05) is 13.2 Å². The molecule has 1 aliphatic heterocycles. The molecule has 1 atom stereocenters. The standard InChI is InChI=1S/C27H26NO3P/c1-3-21-13-11-12-18-24(21)26-25(27(29)31-4-2)19-20-28(26)32(30,22-14-7-5-8-15-22)23-16-9-6-10-17-23/h3,5-19,26H,1,4,20H2,2H3/t26-/m0/s1. The van der Waals surface area contributed by atoms with Gasteiger partial charge in [-0.25, -0.2) is 9.46 Å². The Kier molecular flexibility index (Phi) is 6.55. The van der Waals surface area contributed by atoms with Crippen molar-refractivity contribution in [2.45, 2.75) is 13.0 Å². The summed E-state index contributed by atoms with van der Waals surface area (Å²) in [4.78, 5) is 12.9. The van der Waals surface area contributed by atoms with Crippen LogP contribution < -0.4 is 10.6 Å². The Labute approximate surface area is 189 Å². The molecule has 0 saturated carbocycles. The maximum absolute atomic E-state index is 15.0. The average molecular weight is 443 g/mol. The summed E-state index contributed by atoms with van der Waals surface area (Å²) in [7, 11) is -3.28. The van der Waals surface area contributed by atoms with E-state index in [-0.39, 0.29) is 12.6 Å². The van der Waals surface area contributed by atoms with Gasteiger partial charge < -0.3 is 4.74 Å². The van der Waals surface area contributed by atoms with Crippen molar-refractivity contribution in [3.8, 4) is 0 Å². The Morgan fingerprint density at radius 1 is 1.00 bits per heavy atom. The van der Waals surface area contributed by atoms with Crippen LogP contribution in [-0.2, 0) is 14.1 Å². The quantitative estimate of drug-likeness (QED) is 0.376. The summed E-state index contributed by atoms with van der Waals surface area (Å²) < 4.78 is 22.4. The number of nitrogens with zero attached hydrogens (tertiary/aromatic N) is 1. The summed E-state index contributed by atoms with van der Waals surface area (Å²) in [6.45, 7) is 6.38. The van der Waals surface area contributed by atoms with Crippen LogP contribution in [0.3, 0.4) is 0 Å². The lowest BCUT2D eigenvalue weighted by Crippen LogP contribution is -2.34. The molecule has 162 valence electrons. The first-order valence-corrected chi connectivity index (χ1v) is 12.3. The minimum absolute atomic E-state index is 0.279. The van der Waals surface area contributed by atoms with Crippen LogP contribution in [0.4, 0.5) is 0 Å². The Morgan fingerprint density at radius 3 is 2.12 bits per heavy atom. The summed E-state index contributed by atoms with van der Waals surface area (Å²) in [6.07, 6.45) is 3.62. The van der Waals surface area contributed by atoms with E-state index in [1.54, 1.807) is 13.0 Å². The van der Waals surface area contributed by atoms with Crippen LogP contribution in [0.25, 0.3) is 6.08 Å². The topological polar surface area (TPSA) is 46.6 Å². The Bertz CT molecular complexity index is 1140. The summed E-state index contributed by atoms with van der Waals surface area (Å²) >= 11 is 0. The van der Waals surface area contributed by atoms with E-state index in [0.717, 1.165) is 21.7 Å². The van der Waals surface area contributed by atoms with Gasteiger partial charge in [-0.15, -0.1) is 0 Å². The van der Waals surface area contributed by atoms with Crippen molar-refractivity contribution in [2.24, 2.45) is 0 Å². The van der Waals surface area contributed by atoms with E-state index in [2.05, 4.69) is 6.58 Å². The molecule has 32 heavy (non-hydrogen) atoms. The lowest BCUT2D eigenvalue weighted by molar-refractivity contribution is -0.138. The van der Waals surface area contributed by atoms with Gasteiger partial charge >= 0.3 is 5.97 Å². The minimum Gasteiger partial charge on any atom is -0.463 e. The predicted octanol–water partition coefficient (Wildman–Crippen LogP) is 5.10. The summed E-state index contributed by atoms with van der Waals surface area (Å²) in [6, 6.07) is 26.3.